The molecule has 2 heterocycles. The van der Waals surface area contributed by atoms with Crippen LogP contribution in [0.3, 0.4) is 0 Å². The number of likely N-dealkylation sites (tertiary alicyclic amines) is 1. The highest BCUT2D eigenvalue weighted by Gasteiger charge is 2.28. The van der Waals surface area contributed by atoms with Gasteiger partial charge in [-0.05, 0) is 50.8 Å². The first-order valence-electron chi connectivity index (χ1n) is 9.04. The number of ether oxygens (including phenoxy) is 1. The molecule has 2 aliphatic rings. The molecule has 2 fully saturated rings. The van der Waals surface area contributed by atoms with E-state index >= 15 is 0 Å². The van der Waals surface area contributed by atoms with Crippen molar-refractivity contribution >= 4 is 33.4 Å². The van der Waals surface area contributed by atoms with Gasteiger partial charge in [-0.15, -0.1) is 0 Å². The molecule has 0 bridgehead atoms. The molecule has 0 aliphatic carbocycles. The number of hydrogen-bond acceptors (Lipinski definition) is 3. The van der Waals surface area contributed by atoms with E-state index in [1.54, 1.807) is 12.1 Å². The lowest BCUT2D eigenvalue weighted by Gasteiger charge is -2.39. The van der Waals surface area contributed by atoms with Crippen LogP contribution in [0.4, 0.5) is 0 Å². The maximum Gasteiger partial charge on any atom is 0.255 e. The Morgan fingerprint density at radius 2 is 1.88 bits per heavy atom. The Hall–Kier alpha value is -0.620. The molecule has 2 aliphatic heterocycles. The fourth-order valence-corrected chi connectivity index (χ4v) is 4.70. The number of halogens is 2. The molecule has 1 amide bonds. The average molecular weight is 430 g/mol. The Balaban J connectivity index is 1.52. The third kappa shape index (κ3) is 4.97. The summed E-state index contributed by atoms with van der Waals surface area (Å²) in [4.78, 5) is 17.2. The van der Waals surface area contributed by atoms with Crippen LogP contribution in [-0.4, -0.2) is 60.6 Å². The van der Waals surface area contributed by atoms with Crippen LogP contribution in [0.15, 0.2) is 22.7 Å². The zero-order valence-electron chi connectivity index (χ0n) is 14.9. The monoisotopic (exact) mass is 428 g/mol. The van der Waals surface area contributed by atoms with Crippen LogP contribution in [0.1, 0.15) is 37.0 Å². The summed E-state index contributed by atoms with van der Waals surface area (Å²) in [5.74, 6) is 0.700. The highest BCUT2D eigenvalue weighted by Crippen LogP contribution is 2.26. The maximum atomic E-state index is 12.7. The Kier molecular flexibility index (Phi) is 6.42. The van der Waals surface area contributed by atoms with E-state index in [4.69, 9.17) is 16.3 Å². The third-order valence-corrected chi connectivity index (χ3v) is 5.88. The summed E-state index contributed by atoms with van der Waals surface area (Å²) in [6.45, 7) is 9.05. The van der Waals surface area contributed by atoms with Crippen molar-refractivity contribution in [1.82, 2.24) is 9.80 Å². The molecule has 2 atom stereocenters. The standard InChI is InChI=1S/C19H26BrClN2O2/c1-13-10-22(11-14(2)25-13)12-15-5-7-23(8-6-15)19(24)17-4-3-16(20)9-18(17)21/h3-4,9,13-15H,5-8,10-12H2,1-2H3. The minimum Gasteiger partial charge on any atom is -0.373 e. The van der Waals surface area contributed by atoms with Gasteiger partial charge in [-0.2, -0.15) is 0 Å². The minimum absolute atomic E-state index is 0.0459. The van der Waals surface area contributed by atoms with E-state index in [0.29, 0.717) is 28.7 Å². The molecule has 1 aromatic rings. The van der Waals surface area contributed by atoms with Gasteiger partial charge in [0.2, 0.25) is 0 Å². The summed E-state index contributed by atoms with van der Waals surface area (Å²) >= 11 is 9.61. The fraction of sp³-hybridized carbons (Fsp3) is 0.632. The largest absolute Gasteiger partial charge is 0.373 e. The maximum absolute atomic E-state index is 12.7. The number of rotatable bonds is 3. The number of piperidine rings is 1. The van der Waals surface area contributed by atoms with Gasteiger partial charge in [0.1, 0.15) is 0 Å². The summed E-state index contributed by atoms with van der Waals surface area (Å²) in [7, 11) is 0. The predicted molar refractivity (Wildman–Crippen MR) is 104 cm³/mol. The molecule has 0 spiro atoms. The number of amides is 1. The van der Waals surface area contributed by atoms with Crippen LogP contribution in [-0.2, 0) is 4.74 Å². The topological polar surface area (TPSA) is 32.8 Å². The Morgan fingerprint density at radius 3 is 2.48 bits per heavy atom. The highest BCUT2D eigenvalue weighted by molar-refractivity contribution is 9.10. The summed E-state index contributed by atoms with van der Waals surface area (Å²) in [6, 6.07) is 5.45. The van der Waals surface area contributed by atoms with Gasteiger partial charge in [0.25, 0.3) is 5.91 Å². The van der Waals surface area contributed by atoms with Gasteiger partial charge < -0.3 is 9.64 Å². The molecule has 0 aromatic heterocycles. The summed E-state index contributed by atoms with van der Waals surface area (Å²) in [5, 5.41) is 0.512. The minimum atomic E-state index is 0.0459. The molecule has 3 rings (SSSR count). The van der Waals surface area contributed by atoms with Gasteiger partial charge in [-0.3, -0.25) is 9.69 Å². The van der Waals surface area contributed by atoms with Crippen molar-refractivity contribution in [3.63, 3.8) is 0 Å². The van der Waals surface area contributed by atoms with Crippen LogP contribution in [0.25, 0.3) is 0 Å². The molecule has 0 N–H and O–H groups in total. The van der Waals surface area contributed by atoms with E-state index < -0.39 is 0 Å². The van der Waals surface area contributed by atoms with E-state index in [1.807, 2.05) is 11.0 Å². The number of hydrogen-bond donors (Lipinski definition) is 0. The molecule has 0 radical (unpaired) electrons. The van der Waals surface area contributed by atoms with Gasteiger partial charge in [-0.25, -0.2) is 0 Å². The zero-order valence-corrected chi connectivity index (χ0v) is 17.2. The van der Waals surface area contributed by atoms with Gasteiger partial charge in [0.15, 0.2) is 0 Å². The fourth-order valence-electron chi connectivity index (χ4n) is 3.95. The molecular weight excluding hydrogens is 404 g/mol. The number of carbonyl (C=O) groups is 1. The molecule has 25 heavy (non-hydrogen) atoms. The molecular formula is C19H26BrClN2O2. The highest BCUT2D eigenvalue weighted by atomic mass is 79.9. The van der Waals surface area contributed by atoms with Crippen LogP contribution in [0.5, 0.6) is 0 Å². The van der Waals surface area contributed by atoms with E-state index in [1.165, 1.54) is 0 Å². The van der Waals surface area contributed by atoms with Crippen LogP contribution in [0, 0.1) is 5.92 Å². The van der Waals surface area contributed by atoms with E-state index in [9.17, 15) is 4.79 Å². The van der Waals surface area contributed by atoms with Crippen LogP contribution in [0.2, 0.25) is 5.02 Å². The molecule has 6 heteroatoms. The lowest BCUT2D eigenvalue weighted by Crippen LogP contribution is -2.48. The normalized spacial score (nSPS) is 26.0. The number of carbonyl (C=O) groups excluding carboxylic acids is 1. The smallest absolute Gasteiger partial charge is 0.255 e. The third-order valence-electron chi connectivity index (χ3n) is 5.07. The summed E-state index contributed by atoms with van der Waals surface area (Å²) in [5.41, 5.74) is 0.596. The molecule has 2 saturated heterocycles. The first-order chi connectivity index (χ1) is 11.9. The van der Waals surface area contributed by atoms with Gasteiger partial charge in [0.05, 0.1) is 22.8 Å². The van der Waals surface area contributed by atoms with Crippen molar-refractivity contribution in [2.24, 2.45) is 5.92 Å². The second-order valence-corrected chi connectivity index (χ2v) is 8.66. The Morgan fingerprint density at radius 1 is 1.24 bits per heavy atom. The van der Waals surface area contributed by atoms with E-state index in [2.05, 4.69) is 34.7 Å². The molecule has 1 aromatic carbocycles. The quantitative estimate of drug-likeness (QED) is 0.726. The Bertz CT molecular complexity index is 609. The second kappa shape index (κ2) is 8.38. The first-order valence-corrected chi connectivity index (χ1v) is 10.2. The summed E-state index contributed by atoms with van der Waals surface area (Å²) < 4.78 is 6.70. The van der Waals surface area contributed by atoms with Crippen LogP contribution < -0.4 is 0 Å². The number of nitrogens with zero attached hydrogens (tertiary/aromatic N) is 2. The SMILES string of the molecule is CC1CN(CC2CCN(C(=O)c3ccc(Br)cc3Cl)CC2)CC(C)O1. The van der Waals surface area contributed by atoms with E-state index in [-0.39, 0.29) is 5.91 Å². The average Bonchev–Trinajstić information content (AvgIpc) is 2.54. The molecule has 138 valence electrons. The first kappa shape index (κ1) is 19.2. The molecule has 2 unspecified atom stereocenters. The lowest BCUT2D eigenvalue weighted by molar-refractivity contribution is -0.0728. The van der Waals surface area contributed by atoms with Gasteiger partial charge in [-0.1, -0.05) is 27.5 Å². The predicted octanol–water partition coefficient (Wildman–Crippen LogP) is 4.06. The van der Waals surface area contributed by atoms with Crippen molar-refractivity contribution in [1.29, 1.82) is 0 Å². The van der Waals surface area contributed by atoms with Crippen molar-refractivity contribution in [2.75, 3.05) is 32.7 Å². The molecule has 0 saturated carbocycles. The summed E-state index contributed by atoms with van der Waals surface area (Å²) in [6.07, 6.45) is 2.73. The Labute approximate surface area is 163 Å². The van der Waals surface area contributed by atoms with Crippen molar-refractivity contribution < 1.29 is 9.53 Å². The number of benzene rings is 1. The van der Waals surface area contributed by atoms with E-state index in [0.717, 1.165) is 50.0 Å². The van der Waals surface area contributed by atoms with Gasteiger partial charge >= 0.3 is 0 Å². The van der Waals surface area contributed by atoms with Crippen LogP contribution >= 0.6 is 27.5 Å². The lowest BCUT2D eigenvalue weighted by atomic mass is 9.95. The van der Waals surface area contributed by atoms with Gasteiger partial charge in [0, 0.05) is 37.2 Å². The zero-order chi connectivity index (χ0) is 18.0. The van der Waals surface area contributed by atoms with Crippen molar-refractivity contribution in [3.05, 3.63) is 33.3 Å². The molecule has 4 nitrogen and oxygen atoms in total. The van der Waals surface area contributed by atoms with Crippen molar-refractivity contribution in [2.45, 2.75) is 38.9 Å². The van der Waals surface area contributed by atoms with Crippen molar-refractivity contribution in [3.8, 4) is 0 Å². The number of morpholine rings is 1. The second-order valence-electron chi connectivity index (χ2n) is 7.34.